The summed E-state index contributed by atoms with van der Waals surface area (Å²) in [6.07, 6.45) is 6.03. The van der Waals surface area contributed by atoms with Gasteiger partial charge in [0.05, 0.1) is 16.8 Å². The van der Waals surface area contributed by atoms with Crippen LogP contribution < -0.4 is 10.2 Å². The molecule has 3 aliphatic rings. The highest BCUT2D eigenvalue weighted by atomic mass is 32.1. The van der Waals surface area contributed by atoms with Crippen molar-refractivity contribution < 1.29 is 9.59 Å². The number of aromatic nitrogens is 1. The number of rotatable bonds is 4. The van der Waals surface area contributed by atoms with Crippen LogP contribution in [-0.2, 0) is 22.6 Å². The molecule has 0 spiro atoms. The van der Waals surface area contributed by atoms with Gasteiger partial charge in [0.2, 0.25) is 11.8 Å². The second-order valence-corrected chi connectivity index (χ2v) is 10.1. The Balaban J connectivity index is 1.43. The third-order valence-corrected chi connectivity index (χ3v) is 8.09. The number of imide groups is 1. The zero-order chi connectivity index (χ0) is 21.7. The highest BCUT2D eigenvalue weighted by Crippen LogP contribution is 2.43. The van der Waals surface area contributed by atoms with Gasteiger partial charge in [-0.05, 0) is 43.5 Å². The molecule has 0 radical (unpaired) electrons. The number of nitrogens with zero attached hydrogens (tertiary/aromatic N) is 3. The summed E-state index contributed by atoms with van der Waals surface area (Å²) in [6, 6.07) is 11.4. The van der Waals surface area contributed by atoms with Gasteiger partial charge in [-0.1, -0.05) is 18.2 Å². The van der Waals surface area contributed by atoms with E-state index >= 15 is 0 Å². The maximum atomic E-state index is 12.1. The molecule has 6 nitrogen and oxygen atoms in total. The normalized spacial score (nSPS) is 21.1. The van der Waals surface area contributed by atoms with E-state index in [9.17, 15) is 9.59 Å². The van der Waals surface area contributed by atoms with E-state index < -0.39 is 0 Å². The molecule has 0 saturated carbocycles. The molecule has 32 heavy (non-hydrogen) atoms. The SMILES string of the molecule is O=C1CCC(=O)N1Cc1cc2nccc(-c3cccc4c3N(C3CCNC3)CCC4)c2s1. The fourth-order valence-corrected chi connectivity index (χ4v) is 6.53. The Morgan fingerprint density at radius 3 is 2.78 bits per heavy atom. The highest BCUT2D eigenvalue weighted by Gasteiger charge is 2.31. The molecule has 7 heteroatoms. The van der Waals surface area contributed by atoms with Crippen molar-refractivity contribution in [2.75, 3.05) is 24.5 Å². The summed E-state index contributed by atoms with van der Waals surface area (Å²) in [5.41, 5.74) is 6.20. The van der Waals surface area contributed by atoms with Crippen LogP contribution in [0.4, 0.5) is 5.69 Å². The van der Waals surface area contributed by atoms with Gasteiger partial charge in [-0.25, -0.2) is 0 Å². The van der Waals surface area contributed by atoms with Gasteiger partial charge >= 0.3 is 0 Å². The zero-order valence-electron chi connectivity index (χ0n) is 18.0. The van der Waals surface area contributed by atoms with Gasteiger partial charge in [0.15, 0.2) is 0 Å². The molecule has 2 amide bonds. The van der Waals surface area contributed by atoms with Crippen LogP contribution in [0.1, 0.15) is 36.1 Å². The van der Waals surface area contributed by atoms with Crippen LogP contribution in [0, 0.1) is 0 Å². The van der Waals surface area contributed by atoms with Crippen molar-refractivity contribution in [2.24, 2.45) is 0 Å². The minimum atomic E-state index is -0.0708. The quantitative estimate of drug-likeness (QED) is 0.619. The van der Waals surface area contributed by atoms with Crippen molar-refractivity contribution >= 4 is 39.1 Å². The number of hydrogen-bond acceptors (Lipinski definition) is 6. The Morgan fingerprint density at radius 1 is 1.09 bits per heavy atom. The van der Waals surface area contributed by atoms with Gasteiger partial charge in [0, 0.05) is 59.9 Å². The topological polar surface area (TPSA) is 65.5 Å². The molecule has 0 bridgehead atoms. The van der Waals surface area contributed by atoms with Gasteiger partial charge in [0.25, 0.3) is 0 Å². The smallest absolute Gasteiger partial charge is 0.230 e. The molecule has 3 aromatic rings. The second-order valence-electron chi connectivity index (χ2n) is 8.92. The first-order chi connectivity index (χ1) is 15.7. The molecular weight excluding hydrogens is 420 g/mol. The monoisotopic (exact) mass is 446 g/mol. The summed E-state index contributed by atoms with van der Waals surface area (Å²) in [5.74, 6) is -0.142. The van der Waals surface area contributed by atoms with E-state index in [1.54, 1.807) is 11.3 Å². The molecule has 0 aliphatic carbocycles. The van der Waals surface area contributed by atoms with E-state index in [0.717, 1.165) is 41.1 Å². The molecule has 2 fully saturated rings. The van der Waals surface area contributed by atoms with Crippen LogP contribution in [0.15, 0.2) is 36.5 Å². The molecule has 6 rings (SSSR count). The average molecular weight is 447 g/mol. The fourth-order valence-electron chi connectivity index (χ4n) is 5.40. The minimum absolute atomic E-state index is 0.0708. The third-order valence-electron chi connectivity index (χ3n) is 6.95. The molecule has 1 atom stereocenters. The van der Waals surface area contributed by atoms with E-state index in [4.69, 9.17) is 0 Å². The van der Waals surface area contributed by atoms with Crippen molar-refractivity contribution in [3.8, 4) is 11.1 Å². The largest absolute Gasteiger partial charge is 0.366 e. The number of nitrogens with one attached hydrogen (secondary N) is 1. The van der Waals surface area contributed by atoms with E-state index in [1.165, 1.54) is 40.1 Å². The molecule has 1 unspecified atom stereocenters. The van der Waals surface area contributed by atoms with Crippen molar-refractivity contribution in [3.05, 3.63) is 47.0 Å². The number of carbonyl (C=O) groups excluding carboxylic acids is 2. The minimum Gasteiger partial charge on any atom is -0.366 e. The number of amides is 2. The second kappa shape index (κ2) is 7.98. The zero-order valence-corrected chi connectivity index (χ0v) is 18.8. The van der Waals surface area contributed by atoms with Gasteiger partial charge < -0.3 is 10.2 Å². The number of para-hydroxylation sites is 1. The lowest BCUT2D eigenvalue weighted by molar-refractivity contribution is -0.138. The summed E-state index contributed by atoms with van der Waals surface area (Å²) in [6.45, 7) is 3.57. The molecule has 2 saturated heterocycles. The van der Waals surface area contributed by atoms with Crippen LogP contribution >= 0.6 is 11.3 Å². The van der Waals surface area contributed by atoms with Crippen LogP contribution in [0.3, 0.4) is 0 Å². The standard InChI is InChI=1S/C25H26N4O2S/c30-22-6-7-23(31)29(22)15-18-13-21-25(32-18)20(9-11-27-21)19-5-1-3-16-4-2-12-28(24(16)19)17-8-10-26-14-17/h1,3,5,9,11,13,17,26H,2,4,6-8,10,12,14-15H2. The van der Waals surface area contributed by atoms with Crippen LogP contribution in [0.25, 0.3) is 21.3 Å². The Hall–Kier alpha value is -2.77. The number of pyridine rings is 1. The van der Waals surface area contributed by atoms with Crippen molar-refractivity contribution in [2.45, 2.75) is 44.7 Å². The Labute approximate surface area is 191 Å². The molecule has 2 aromatic heterocycles. The number of hydrogen-bond donors (Lipinski definition) is 1. The first-order valence-corrected chi connectivity index (χ1v) is 12.3. The maximum Gasteiger partial charge on any atom is 0.230 e. The number of likely N-dealkylation sites (tertiary alicyclic amines) is 1. The van der Waals surface area contributed by atoms with E-state index in [0.29, 0.717) is 25.4 Å². The molecule has 1 N–H and O–H groups in total. The Kier molecular flexibility index (Phi) is 4.96. The van der Waals surface area contributed by atoms with E-state index in [2.05, 4.69) is 39.5 Å². The van der Waals surface area contributed by atoms with Crippen molar-refractivity contribution in [3.63, 3.8) is 0 Å². The molecule has 1 aromatic carbocycles. The number of benzene rings is 1. The van der Waals surface area contributed by atoms with E-state index in [-0.39, 0.29) is 11.8 Å². The molecular formula is C25H26N4O2S. The predicted molar refractivity (Wildman–Crippen MR) is 127 cm³/mol. The lowest BCUT2D eigenvalue weighted by Gasteiger charge is -2.37. The lowest BCUT2D eigenvalue weighted by Crippen LogP contribution is -2.40. The first kappa shape index (κ1) is 19.9. The summed E-state index contributed by atoms with van der Waals surface area (Å²) >= 11 is 1.65. The third kappa shape index (κ3) is 3.31. The molecule has 164 valence electrons. The number of aryl methyl sites for hydroxylation is 1. The Bertz CT molecular complexity index is 1200. The number of thiophene rings is 1. The van der Waals surface area contributed by atoms with E-state index in [1.807, 2.05) is 12.3 Å². The fraction of sp³-hybridized carbons (Fsp3) is 0.400. The molecule has 3 aliphatic heterocycles. The van der Waals surface area contributed by atoms with Crippen LogP contribution in [-0.4, -0.2) is 47.4 Å². The first-order valence-electron chi connectivity index (χ1n) is 11.5. The van der Waals surface area contributed by atoms with Gasteiger partial charge in [-0.15, -0.1) is 11.3 Å². The Morgan fingerprint density at radius 2 is 1.97 bits per heavy atom. The number of fused-ring (bicyclic) bond motifs is 2. The van der Waals surface area contributed by atoms with Crippen LogP contribution in [0.5, 0.6) is 0 Å². The van der Waals surface area contributed by atoms with Gasteiger partial charge in [-0.2, -0.15) is 0 Å². The molecule has 5 heterocycles. The summed E-state index contributed by atoms with van der Waals surface area (Å²) < 4.78 is 1.13. The summed E-state index contributed by atoms with van der Waals surface area (Å²) in [5, 5.41) is 3.52. The van der Waals surface area contributed by atoms with Gasteiger partial charge in [-0.3, -0.25) is 19.5 Å². The predicted octanol–water partition coefficient (Wildman–Crippen LogP) is 3.73. The number of anilines is 1. The van der Waals surface area contributed by atoms with Crippen LogP contribution in [0.2, 0.25) is 0 Å². The number of carbonyl (C=O) groups is 2. The summed E-state index contributed by atoms with van der Waals surface area (Å²) in [7, 11) is 0. The maximum absolute atomic E-state index is 12.1. The van der Waals surface area contributed by atoms with Crippen molar-refractivity contribution in [1.29, 1.82) is 0 Å². The van der Waals surface area contributed by atoms with Crippen molar-refractivity contribution in [1.82, 2.24) is 15.2 Å². The highest BCUT2D eigenvalue weighted by molar-refractivity contribution is 7.19. The lowest BCUT2D eigenvalue weighted by atomic mass is 9.92. The average Bonchev–Trinajstić information content (AvgIpc) is 3.55. The summed E-state index contributed by atoms with van der Waals surface area (Å²) in [4.78, 5) is 33.8. The van der Waals surface area contributed by atoms with Gasteiger partial charge in [0.1, 0.15) is 0 Å².